The molecule has 0 spiro atoms. The summed E-state index contributed by atoms with van der Waals surface area (Å²) < 4.78 is 5.08. The highest BCUT2D eigenvalue weighted by Crippen LogP contribution is 2.27. The van der Waals surface area contributed by atoms with Crippen molar-refractivity contribution in [2.75, 3.05) is 0 Å². The first kappa shape index (κ1) is 17.6. The molecule has 132 valence electrons. The summed E-state index contributed by atoms with van der Waals surface area (Å²) in [7, 11) is 0. The lowest BCUT2D eigenvalue weighted by Crippen LogP contribution is -2.41. The van der Waals surface area contributed by atoms with Crippen molar-refractivity contribution in [2.24, 2.45) is 0 Å². The van der Waals surface area contributed by atoms with Crippen LogP contribution in [0.2, 0.25) is 0 Å². The van der Waals surface area contributed by atoms with Gasteiger partial charge in [0.2, 0.25) is 5.91 Å². The number of hydrogen-bond acceptors (Lipinski definition) is 5. The van der Waals surface area contributed by atoms with Gasteiger partial charge in [0.15, 0.2) is 0 Å². The zero-order valence-electron chi connectivity index (χ0n) is 14.1. The van der Waals surface area contributed by atoms with E-state index in [1.807, 2.05) is 37.3 Å². The Morgan fingerprint density at radius 3 is 2.69 bits per heavy atom. The van der Waals surface area contributed by atoms with E-state index in [2.05, 4.69) is 15.8 Å². The Labute approximate surface area is 154 Å². The SMILES string of the molecule is Cc1sc(-c2ccccc2)nc1CC(=O)NNC(=O)/C=C/c1ccco1. The summed E-state index contributed by atoms with van der Waals surface area (Å²) in [6.07, 6.45) is 4.40. The molecule has 3 aromatic rings. The van der Waals surface area contributed by atoms with Gasteiger partial charge in [-0.15, -0.1) is 11.3 Å². The monoisotopic (exact) mass is 367 g/mol. The van der Waals surface area contributed by atoms with E-state index in [1.165, 1.54) is 18.4 Å². The molecular weight excluding hydrogens is 350 g/mol. The lowest BCUT2D eigenvalue weighted by atomic mass is 10.2. The fourth-order valence-corrected chi connectivity index (χ4v) is 3.14. The van der Waals surface area contributed by atoms with Crippen LogP contribution in [0.3, 0.4) is 0 Å². The maximum atomic E-state index is 12.0. The lowest BCUT2D eigenvalue weighted by Gasteiger charge is -2.04. The summed E-state index contributed by atoms with van der Waals surface area (Å²) in [4.78, 5) is 29.2. The Morgan fingerprint density at radius 2 is 1.96 bits per heavy atom. The molecule has 0 fully saturated rings. The number of carbonyl (C=O) groups is 2. The second-order valence-electron chi connectivity index (χ2n) is 5.45. The van der Waals surface area contributed by atoms with E-state index in [-0.39, 0.29) is 12.3 Å². The Hall–Kier alpha value is -3.19. The molecule has 0 saturated heterocycles. The van der Waals surface area contributed by atoms with Gasteiger partial charge in [-0.05, 0) is 25.1 Å². The number of hydrazine groups is 1. The number of amides is 2. The van der Waals surface area contributed by atoms with Gasteiger partial charge < -0.3 is 4.42 Å². The van der Waals surface area contributed by atoms with Gasteiger partial charge in [0, 0.05) is 16.5 Å². The van der Waals surface area contributed by atoms with E-state index in [9.17, 15) is 9.59 Å². The molecule has 0 saturated carbocycles. The number of rotatable bonds is 5. The number of nitrogens with zero attached hydrogens (tertiary/aromatic N) is 1. The Bertz CT molecular complexity index is 915. The zero-order chi connectivity index (χ0) is 18.4. The molecule has 2 heterocycles. The number of carbonyl (C=O) groups excluding carboxylic acids is 2. The topological polar surface area (TPSA) is 84.2 Å². The molecule has 0 bridgehead atoms. The first-order valence-corrected chi connectivity index (χ1v) is 8.75. The number of benzene rings is 1. The average Bonchev–Trinajstić information content (AvgIpc) is 3.29. The van der Waals surface area contributed by atoms with Crippen LogP contribution < -0.4 is 10.9 Å². The fraction of sp³-hybridized carbons (Fsp3) is 0.105. The molecule has 2 N–H and O–H groups in total. The molecule has 3 rings (SSSR count). The van der Waals surface area contributed by atoms with Crippen LogP contribution in [0.1, 0.15) is 16.3 Å². The van der Waals surface area contributed by atoms with Gasteiger partial charge in [0.1, 0.15) is 10.8 Å². The van der Waals surface area contributed by atoms with Crippen LogP contribution in [0, 0.1) is 6.92 Å². The van der Waals surface area contributed by atoms with E-state index in [0.29, 0.717) is 11.5 Å². The van der Waals surface area contributed by atoms with Crippen LogP contribution in [-0.4, -0.2) is 16.8 Å². The highest BCUT2D eigenvalue weighted by Gasteiger charge is 2.13. The van der Waals surface area contributed by atoms with Gasteiger partial charge in [0.05, 0.1) is 18.4 Å². The second kappa shape index (κ2) is 8.26. The maximum Gasteiger partial charge on any atom is 0.262 e. The molecule has 7 heteroatoms. The molecule has 2 amide bonds. The molecule has 0 radical (unpaired) electrons. The summed E-state index contributed by atoms with van der Waals surface area (Å²) in [5.74, 6) is -0.231. The smallest absolute Gasteiger partial charge is 0.262 e. The predicted molar refractivity (Wildman–Crippen MR) is 100 cm³/mol. The standard InChI is InChI=1S/C19H17N3O3S/c1-13-16(20-19(26-13)14-6-3-2-4-7-14)12-18(24)22-21-17(23)10-9-15-8-5-11-25-15/h2-11H,12H2,1H3,(H,21,23)(H,22,24)/b10-9+. The second-order valence-corrected chi connectivity index (χ2v) is 6.65. The molecule has 6 nitrogen and oxygen atoms in total. The number of thiazole rings is 1. The van der Waals surface area contributed by atoms with Crippen molar-refractivity contribution in [1.29, 1.82) is 0 Å². The quantitative estimate of drug-likeness (QED) is 0.536. The first-order valence-electron chi connectivity index (χ1n) is 7.94. The number of aryl methyl sites for hydroxylation is 1. The number of hydrogen-bond donors (Lipinski definition) is 2. The molecule has 0 atom stereocenters. The van der Waals surface area contributed by atoms with Crippen molar-refractivity contribution < 1.29 is 14.0 Å². The average molecular weight is 367 g/mol. The van der Waals surface area contributed by atoms with Crippen LogP contribution in [0.15, 0.2) is 59.2 Å². The van der Waals surface area contributed by atoms with Crippen LogP contribution in [-0.2, 0) is 16.0 Å². The zero-order valence-corrected chi connectivity index (χ0v) is 14.9. The largest absolute Gasteiger partial charge is 0.465 e. The summed E-state index contributed by atoms with van der Waals surface area (Å²) >= 11 is 1.54. The minimum atomic E-state index is -0.449. The molecule has 26 heavy (non-hydrogen) atoms. The minimum Gasteiger partial charge on any atom is -0.465 e. The molecule has 0 aliphatic carbocycles. The van der Waals surface area contributed by atoms with Crippen molar-refractivity contribution in [3.8, 4) is 10.6 Å². The fourth-order valence-electron chi connectivity index (χ4n) is 2.21. The van der Waals surface area contributed by atoms with Crippen molar-refractivity contribution in [3.05, 3.63) is 71.1 Å². The Kier molecular flexibility index (Phi) is 5.60. The normalized spacial score (nSPS) is 10.8. The third kappa shape index (κ3) is 4.67. The molecular formula is C19H17N3O3S. The summed E-state index contributed by atoms with van der Waals surface area (Å²) in [5, 5.41) is 0.872. The van der Waals surface area contributed by atoms with Gasteiger partial charge in [-0.25, -0.2) is 4.98 Å². The predicted octanol–water partition coefficient (Wildman–Crippen LogP) is 3.11. The van der Waals surface area contributed by atoms with Gasteiger partial charge in [-0.2, -0.15) is 0 Å². The van der Waals surface area contributed by atoms with Crippen LogP contribution in [0.5, 0.6) is 0 Å². The molecule has 0 unspecified atom stereocenters. The number of nitrogens with one attached hydrogen (secondary N) is 2. The molecule has 2 aromatic heterocycles. The summed E-state index contributed by atoms with van der Waals surface area (Å²) in [6.45, 7) is 1.93. The summed E-state index contributed by atoms with van der Waals surface area (Å²) in [5.41, 5.74) is 6.43. The minimum absolute atomic E-state index is 0.0946. The number of furan rings is 1. The Morgan fingerprint density at radius 1 is 1.15 bits per heavy atom. The molecule has 1 aromatic carbocycles. The van der Waals surface area contributed by atoms with E-state index < -0.39 is 5.91 Å². The molecule has 0 aliphatic rings. The third-order valence-electron chi connectivity index (χ3n) is 3.51. The third-order valence-corrected chi connectivity index (χ3v) is 4.57. The highest BCUT2D eigenvalue weighted by atomic mass is 32.1. The lowest BCUT2D eigenvalue weighted by molar-refractivity contribution is -0.126. The van der Waals surface area contributed by atoms with Gasteiger partial charge in [-0.3, -0.25) is 20.4 Å². The van der Waals surface area contributed by atoms with E-state index in [1.54, 1.807) is 23.5 Å². The number of aromatic nitrogens is 1. The van der Waals surface area contributed by atoms with Crippen LogP contribution in [0.4, 0.5) is 0 Å². The molecule has 0 aliphatic heterocycles. The summed E-state index contributed by atoms with van der Waals surface area (Å²) in [6, 6.07) is 13.2. The van der Waals surface area contributed by atoms with Crippen LogP contribution >= 0.6 is 11.3 Å². The van der Waals surface area contributed by atoms with E-state index in [4.69, 9.17) is 4.42 Å². The van der Waals surface area contributed by atoms with Crippen molar-refractivity contribution in [2.45, 2.75) is 13.3 Å². The van der Waals surface area contributed by atoms with Crippen molar-refractivity contribution in [3.63, 3.8) is 0 Å². The van der Waals surface area contributed by atoms with Gasteiger partial charge in [-0.1, -0.05) is 30.3 Å². The van der Waals surface area contributed by atoms with E-state index >= 15 is 0 Å². The first-order chi connectivity index (χ1) is 12.6. The highest BCUT2D eigenvalue weighted by molar-refractivity contribution is 7.15. The maximum absolute atomic E-state index is 12.0. The van der Waals surface area contributed by atoms with Crippen molar-refractivity contribution in [1.82, 2.24) is 15.8 Å². The van der Waals surface area contributed by atoms with Gasteiger partial charge >= 0.3 is 0 Å². The van der Waals surface area contributed by atoms with Crippen molar-refractivity contribution >= 4 is 29.2 Å². The van der Waals surface area contributed by atoms with Crippen LogP contribution in [0.25, 0.3) is 16.6 Å². The van der Waals surface area contributed by atoms with Gasteiger partial charge in [0.25, 0.3) is 5.91 Å². The van der Waals surface area contributed by atoms with E-state index in [0.717, 1.165) is 15.4 Å². The Balaban J connectivity index is 1.53.